The third-order valence-corrected chi connectivity index (χ3v) is 6.13. The molecule has 0 aliphatic carbocycles. The summed E-state index contributed by atoms with van der Waals surface area (Å²) in [6.07, 6.45) is 0. The molecule has 1 saturated heterocycles. The van der Waals surface area contributed by atoms with E-state index in [1.54, 1.807) is 23.7 Å². The number of aromatic nitrogens is 2. The lowest BCUT2D eigenvalue weighted by Gasteiger charge is -2.29. The Morgan fingerprint density at radius 2 is 1.83 bits per heavy atom. The molecular weight excluding hydrogens is 420 g/mol. The molecule has 1 aliphatic rings. The van der Waals surface area contributed by atoms with Crippen molar-refractivity contribution in [2.45, 2.75) is 6.92 Å². The molecule has 1 aliphatic heterocycles. The minimum Gasteiger partial charge on any atom is -0.369 e. The van der Waals surface area contributed by atoms with Crippen molar-refractivity contribution in [2.24, 2.45) is 0 Å². The van der Waals surface area contributed by atoms with Crippen LogP contribution in [-0.4, -0.2) is 40.3 Å². The number of rotatable bonds is 4. The number of thioether (sulfide) groups is 1. The molecule has 0 spiro atoms. The van der Waals surface area contributed by atoms with Gasteiger partial charge in [0.1, 0.15) is 0 Å². The number of nitrogens with one attached hydrogen (secondary N) is 1. The summed E-state index contributed by atoms with van der Waals surface area (Å²) < 4.78 is 1.58. The molecule has 154 valence electrons. The SMILES string of the molecule is Cc1cc(=O)c(C(=O)Nc2ccc(N3CCSCC3)c(Cl)c2)nn1-c1ccccc1. The number of halogens is 1. The van der Waals surface area contributed by atoms with E-state index in [0.717, 1.165) is 36.0 Å². The van der Waals surface area contributed by atoms with Gasteiger partial charge in [0.05, 0.1) is 16.4 Å². The Hall–Kier alpha value is -2.77. The topological polar surface area (TPSA) is 67.2 Å². The van der Waals surface area contributed by atoms with E-state index in [1.165, 1.54) is 6.07 Å². The Morgan fingerprint density at radius 3 is 2.53 bits per heavy atom. The number of anilines is 2. The standard InChI is InChI=1S/C22H21ClN4O2S/c1-15-13-20(28)21(25-27(15)17-5-3-2-4-6-17)22(29)24-16-7-8-19(18(23)14-16)26-9-11-30-12-10-26/h2-8,13-14H,9-12H2,1H3,(H,24,29). The zero-order valence-corrected chi connectivity index (χ0v) is 18.0. The van der Waals surface area contributed by atoms with Gasteiger partial charge < -0.3 is 10.2 Å². The Labute approximate surface area is 183 Å². The van der Waals surface area contributed by atoms with E-state index in [-0.39, 0.29) is 5.69 Å². The average molecular weight is 441 g/mol. The number of para-hydroxylation sites is 1. The number of hydrogen-bond donors (Lipinski definition) is 1. The van der Waals surface area contributed by atoms with Crippen LogP contribution in [0.3, 0.4) is 0 Å². The number of benzene rings is 2. The Morgan fingerprint density at radius 1 is 1.10 bits per heavy atom. The molecule has 0 saturated carbocycles. The van der Waals surface area contributed by atoms with Crippen LogP contribution in [0, 0.1) is 6.92 Å². The summed E-state index contributed by atoms with van der Waals surface area (Å²) in [5.74, 6) is 1.58. The van der Waals surface area contributed by atoms with Crippen molar-refractivity contribution in [1.82, 2.24) is 9.78 Å². The Balaban J connectivity index is 1.58. The minimum absolute atomic E-state index is 0.169. The molecular formula is C22H21ClN4O2S. The van der Waals surface area contributed by atoms with Gasteiger partial charge in [0.25, 0.3) is 5.91 Å². The summed E-state index contributed by atoms with van der Waals surface area (Å²) >= 11 is 8.40. The van der Waals surface area contributed by atoms with Crippen molar-refractivity contribution in [3.05, 3.63) is 81.2 Å². The summed E-state index contributed by atoms with van der Waals surface area (Å²) in [6.45, 7) is 3.67. The highest BCUT2D eigenvalue weighted by Gasteiger charge is 2.18. The zero-order valence-electron chi connectivity index (χ0n) is 16.5. The second-order valence-corrected chi connectivity index (χ2v) is 8.60. The molecule has 6 nitrogen and oxygen atoms in total. The largest absolute Gasteiger partial charge is 0.369 e. The summed E-state index contributed by atoms with van der Waals surface area (Å²) in [4.78, 5) is 27.4. The molecule has 2 heterocycles. The first-order valence-electron chi connectivity index (χ1n) is 9.63. The van der Waals surface area contributed by atoms with Crippen LogP contribution in [0.25, 0.3) is 5.69 Å². The normalized spacial score (nSPS) is 13.9. The number of carbonyl (C=O) groups is 1. The molecule has 30 heavy (non-hydrogen) atoms. The molecule has 8 heteroatoms. The second kappa shape index (κ2) is 8.93. The molecule has 2 aromatic carbocycles. The minimum atomic E-state index is -0.567. The molecule has 0 radical (unpaired) electrons. The van der Waals surface area contributed by atoms with Gasteiger partial charge in [-0.3, -0.25) is 9.59 Å². The molecule has 1 amide bonds. The van der Waals surface area contributed by atoms with Gasteiger partial charge in [-0.25, -0.2) is 4.68 Å². The lowest BCUT2D eigenvalue weighted by Crippen LogP contribution is -2.32. The smallest absolute Gasteiger partial charge is 0.280 e. The van der Waals surface area contributed by atoms with Crippen LogP contribution in [0.2, 0.25) is 5.02 Å². The summed E-state index contributed by atoms with van der Waals surface area (Å²) in [7, 11) is 0. The Bertz CT molecular complexity index is 1130. The fraction of sp³-hybridized carbons (Fsp3) is 0.227. The molecule has 1 N–H and O–H groups in total. The summed E-state index contributed by atoms with van der Waals surface area (Å²) in [6, 6.07) is 16.2. The first-order chi connectivity index (χ1) is 14.5. The summed E-state index contributed by atoms with van der Waals surface area (Å²) in [5, 5.41) is 7.61. The van der Waals surface area contributed by atoms with Crippen LogP contribution in [-0.2, 0) is 0 Å². The van der Waals surface area contributed by atoms with Gasteiger partial charge in [-0.1, -0.05) is 29.8 Å². The maximum Gasteiger partial charge on any atom is 0.280 e. The van der Waals surface area contributed by atoms with Gasteiger partial charge >= 0.3 is 0 Å². The highest BCUT2D eigenvalue weighted by Crippen LogP contribution is 2.30. The van der Waals surface area contributed by atoms with Crippen molar-refractivity contribution in [3.63, 3.8) is 0 Å². The van der Waals surface area contributed by atoms with Gasteiger partial charge in [-0.05, 0) is 37.3 Å². The van der Waals surface area contributed by atoms with Gasteiger partial charge in [-0.15, -0.1) is 0 Å². The first-order valence-corrected chi connectivity index (χ1v) is 11.2. The van der Waals surface area contributed by atoms with Crippen molar-refractivity contribution in [2.75, 3.05) is 34.8 Å². The van der Waals surface area contributed by atoms with Gasteiger partial charge in [0.2, 0.25) is 5.43 Å². The summed E-state index contributed by atoms with van der Waals surface area (Å²) in [5.41, 5.74) is 2.30. The van der Waals surface area contributed by atoms with Crippen LogP contribution in [0.4, 0.5) is 11.4 Å². The van der Waals surface area contributed by atoms with Crippen molar-refractivity contribution in [3.8, 4) is 5.69 Å². The maximum atomic E-state index is 12.8. The second-order valence-electron chi connectivity index (χ2n) is 6.97. The Kier molecular flexibility index (Phi) is 6.11. The van der Waals surface area contributed by atoms with Crippen LogP contribution >= 0.6 is 23.4 Å². The highest BCUT2D eigenvalue weighted by atomic mass is 35.5. The van der Waals surface area contributed by atoms with Crippen LogP contribution < -0.4 is 15.6 Å². The van der Waals surface area contributed by atoms with Crippen LogP contribution in [0.1, 0.15) is 16.2 Å². The fourth-order valence-electron chi connectivity index (χ4n) is 3.37. The molecule has 0 unspecified atom stereocenters. The van der Waals surface area contributed by atoms with E-state index >= 15 is 0 Å². The predicted octanol–water partition coefficient (Wildman–Crippen LogP) is 4.00. The molecule has 0 atom stereocenters. The number of aryl methyl sites for hydroxylation is 1. The number of nitrogens with zero attached hydrogens (tertiary/aromatic N) is 3. The van der Waals surface area contributed by atoms with Crippen molar-refractivity contribution >= 4 is 40.6 Å². The quantitative estimate of drug-likeness (QED) is 0.664. The molecule has 0 bridgehead atoms. The third-order valence-electron chi connectivity index (χ3n) is 4.88. The lowest BCUT2D eigenvalue weighted by molar-refractivity contribution is 0.101. The van der Waals surface area contributed by atoms with Crippen molar-refractivity contribution in [1.29, 1.82) is 0 Å². The molecule has 1 fully saturated rings. The molecule has 4 rings (SSSR count). The molecule has 3 aromatic rings. The number of amides is 1. The van der Waals surface area contributed by atoms with Crippen LogP contribution in [0.15, 0.2) is 59.4 Å². The van der Waals surface area contributed by atoms with E-state index in [1.807, 2.05) is 48.2 Å². The van der Waals surface area contributed by atoms with E-state index in [4.69, 9.17) is 11.6 Å². The van der Waals surface area contributed by atoms with E-state index in [0.29, 0.717) is 16.4 Å². The van der Waals surface area contributed by atoms with Crippen molar-refractivity contribution < 1.29 is 4.79 Å². The van der Waals surface area contributed by atoms with E-state index in [9.17, 15) is 9.59 Å². The van der Waals surface area contributed by atoms with Gasteiger partial charge in [0.15, 0.2) is 5.69 Å². The lowest BCUT2D eigenvalue weighted by atomic mass is 10.2. The number of hydrogen-bond acceptors (Lipinski definition) is 5. The highest BCUT2D eigenvalue weighted by molar-refractivity contribution is 7.99. The monoisotopic (exact) mass is 440 g/mol. The average Bonchev–Trinajstić information content (AvgIpc) is 2.75. The zero-order chi connectivity index (χ0) is 21.1. The first kappa shape index (κ1) is 20.5. The van der Waals surface area contributed by atoms with E-state index < -0.39 is 11.3 Å². The van der Waals surface area contributed by atoms with Gasteiger partial charge in [0, 0.05) is 42.0 Å². The van der Waals surface area contributed by atoms with Crippen LogP contribution in [0.5, 0.6) is 0 Å². The molecule has 1 aromatic heterocycles. The third kappa shape index (κ3) is 4.37. The van der Waals surface area contributed by atoms with Gasteiger partial charge in [-0.2, -0.15) is 16.9 Å². The maximum absolute atomic E-state index is 12.8. The van der Waals surface area contributed by atoms with E-state index in [2.05, 4.69) is 15.3 Å². The fourth-order valence-corrected chi connectivity index (χ4v) is 4.57. The predicted molar refractivity (Wildman–Crippen MR) is 124 cm³/mol. The number of carbonyl (C=O) groups excluding carboxylic acids is 1.